The van der Waals surface area contributed by atoms with Gasteiger partial charge in [0.05, 0.1) is 5.56 Å². The summed E-state index contributed by atoms with van der Waals surface area (Å²) in [5, 5.41) is 0. The molecule has 8 bridgehead atoms. The van der Waals surface area contributed by atoms with E-state index in [9.17, 15) is 14.4 Å². The summed E-state index contributed by atoms with van der Waals surface area (Å²) in [5.41, 5.74) is -0.0504. The smallest absolute Gasteiger partial charge is 0.338 e. The molecule has 5 heteroatoms. The van der Waals surface area contributed by atoms with Gasteiger partial charge in [-0.25, -0.2) is 4.79 Å². The summed E-state index contributed by atoms with van der Waals surface area (Å²) >= 11 is 0. The average molecular weight is 519 g/mol. The van der Waals surface area contributed by atoms with E-state index in [4.69, 9.17) is 9.47 Å². The van der Waals surface area contributed by atoms with Crippen molar-refractivity contribution in [2.24, 2.45) is 46.3 Å². The third kappa shape index (κ3) is 4.14. The van der Waals surface area contributed by atoms with E-state index in [1.807, 2.05) is 6.92 Å². The highest BCUT2D eigenvalue weighted by Crippen LogP contribution is 2.61. The van der Waals surface area contributed by atoms with Gasteiger partial charge in [0.2, 0.25) is 0 Å². The van der Waals surface area contributed by atoms with Crippen LogP contribution in [0.15, 0.2) is 24.3 Å². The highest BCUT2D eigenvalue weighted by molar-refractivity contribution is 5.95. The fourth-order valence-corrected chi connectivity index (χ4v) is 10.9. The minimum Gasteiger partial charge on any atom is -0.483 e. The lowest BCUT2D eigenvalue weighted by atomic mass is 9.48. The molecule has 0 radical (unpaired) electrons. The molecule has 204 valence electrons. The number of Topliss-reactive ketones (excluding diaryl/α,β-unsaturated/α-hetero) is 2. The van der Waals surface area contributed by atoms with E-state index >= 15 is 0 Å². The molecular formula is C33H42O5. The Labute approximate surface area is 226 Å². The van der Waals surface area contributed by atoms with Crippen molar-refractivity contribution in [3.63, 3.8) is 0 Å². The number of hydrogen-bond acceptors (Lipinski definition) is 5. The highest BCUT2D eigenvalue weighted by Gasteiger charge is 2.56. The molecule has 5 nitrogen and oxygen atoms in total. The molecular weight excluding hydrogens is 476 g/mol. The number of rotatable bonds is 8. The molecule has 0 unspecified atom stereocenters. The zero-order valence-electron chi connectivity index (χ0n) is 23.0. The first-order valence-corrected chi connectivity index (χ1v) is 15.3. The van der Waals surface area contributed by atoms with Gasteiger partial charge in [-0.1, -0.05) is 0 Å². The number of ether oxygens (including phenoxy) is 2. The Morgan fingerprint density at radius 3 is 1.39 bits per heavy atom. The third-order valence-corrected chi connectivity index (χ3v) is 11.5. The maximum atomic E-state index is 13.6. The maximum Gasteiger partial charge on any atom is 0.338 e. The summed E-state index contributed by atoms with van der Waals surface area (Å²) in [6.07, 6.45) is 12.6. The number of carbonyl (C=O) groups is 3. The summed E-state index contributed by atoms with van der Waals surface area (Å²) < 4.78 is 11.8. The molecule has 0 amide bonds. The second-order valence-corrected chi connectivity index (χ2v) is 14.5. The van der Waals surface area contributed by atoms with Gasteiger partial charge in [-0.3, -0.25) is 9.59 Å². The molecule has 0 spiro atoms. The topological polar surface area (TPSA) is 69.7 Å². The molecule has 8 aliphatic carbocycles. The molecule has 9 rings (SSSR count). The van der Waals surface area contributed by atoms with Crippen molar-refractivity contribution in [2.75, 3.05) is 0 Å². The Morgan fingerprint density at radius 1 is 0.632 bits per heavy atom. The monoisotopic (exact) mass is 518 g/mol. The molecule has 0 saturated heterocycles. The quantitative estimate of drug-likeness (QED) is 0.364. The number of ketones is 2. The second-order valence-electron chi connectivity index (χ2n) is 14.5. The highest BCUT2D eigenvalue weighted by atomic mass is 16.5. The molecule has 0 heterocycles. The van der Waals surface area contributed by atoms with Crippen molar-refractivity contribution < 1.29 is 23.9 Å². The Balaban J connectivity index is 0.963. The SMILES string of the molecule is C[C@H](OC(=O)c1ccc(O[C@@H](C)C(=O)C23CC4CC(CC(C4)C2)C3)cc1)C(=O)C12CC3CC(CC(C3)C1)C2. The zero-order chi connectivity index (χ0) is 26.2. The van der Waals surface area contributed by atoms with Crippen molar-refractivity contribution >= 4 is 17.5 Å². The van der Waals surface area contributed by atoms with Crippen molar-refractivity contribution in [1.29, 1.82) is 0 Å². The van der Waals surface area contributed by atoms with Gasteiger partial charge in [0.15, 0.2) is 23.8 Å². The first-order valence-electron chi connectivity index (χ1n) is 15.3. The van der Waals surface area contributed by atoms with Crippen molar-refractivity contribution in [2.45, 2.75) is 103 Å². The van der Waals surface area contributed by atoms with Crippen molar-refractivity contribution in [1.82, 2.24) is 0 Å². The lowest BCUT2D eigenvalue weighted by Gasteiger charge is -2.56. The van der Waals surface area contributed by atoms with Crippen LogP contribution in [0.2, 0.25) is 0 Å². The van der Waals surface area contributed by atoms with E-state index < -0.39 is 18.2 Å². The first kappa shape index (κ1) is 24.8. The van der Waals surface area contributed by atoms with Gasteiger partial charge in [0, 0.05) is 10.8 Å². The summed E-state index contributed by atoms with van der Waals surface area (Å²) in [6, 6.07) is 6.85. The summed E-state index contributed by atoms with van der Waals surface area (Å²) in [6.45, 7) is 3.62. The van der Waals surface area contributed by atoms with Gasteiger partial charge >= 0.3 is 5.97 Å². The standard InChI is InChI=1S/C33H42O5/c1-19(29(34)32-13-21-7-22(14-32)9-23(8-21)15-32)37-28-5-3-27(4-6-28)31(36)38-20(2)30(35)33-16-24-10-25(17-33)12-26(11-24)18-33/h3-6,19-26H,7-18H2,1-2H3/t19-,20-,21?,22?,23?,24?,25?,26?,32?,33?/m0/s1. The van der Waals surface area contributed by atoms with Gasteiger partial charge in [-0.2, -0.15) is 0 Å². The van der Waals surface area contributed by atoms with E-state index in [0.717, 1.165) is 56.3 Å². The Hall–Kier alpha value is -2.17. The van der Waals surface area contributed by atoms with Gasteiger partial charge in [0.25, 0.3) is 0 Å². The van der Waals surface area contributed by atoms with Crippen molar-refractivity contribution in [3.8, 4) is 5.75 Å². The van der Waals surface area contributed by atoms with Crippen LogP contribution in [-0.2, 0) is 14.3 Å². The molecule has 8 saturated carbocycles. The van der Waals surface area contributed by atoms with Gasteiger partial charge in [0.1, 0.15) is 5.75 Å². The van der Waals surface area contributed by atoms with Crippen LogP contribution in [0.1, 0.15) is 101 Å². The lowest BCUT2D eigenvalue weighted by molar-refractivity contribution is -0.152. The largest absolute Gasteiger partial charge is 0.483 e. The number of esters is 1. The second kappa shape index (κ2) is 8.93. The molecule has 0 aliphatic heterocycles. The van der Waals surface area contributed by atoms with Gasteiger partial charge in [-0.15, -0.1) is 0 Å². The molecule has 2 atom stereocenters. The predicted molar refractivity (Wildman–Crippen MR) is 143 cm³/mol. The maximum absolute atomic E-state index is 13.6. The Morgan fingerprint density at radius 2 is 1.00 bits per heavy atom. The minimum absolute atomic E-state index is 0.127. The summed E-state index contributed by atoms with van der Waals surface area (Å²) in [7, 11) is 0. The molecule has 8 aliphatic rings. The van der Waals surface area contributed by atoms with E-state index in [2.05, 4.69) is 0 Å². The van der Waals surface area contributed by atoms with Crippen LogP contribution in [-0.4, -0.2) is 29.7 Å². The van der Waals surface area contributed by atoms with E-state index in [0.29, 0.717) is 29.1 Å². The van der Waals surface area contributed by atoms with Crippen LogP contribution >= 0.6 is 0 Å². The van der Waals surface area contributed by atoms with Gasteiger partial charge in [-0.05, 0) is 151 Å². The number of benzene rings is 1. The summed E-state index contributed by atoms with van der Waals surface area (Å²) in [4.78, 5) is 40.0. The third-order valence-electron chi connectivity index (χ3n) is 11.5. The molecule has 1 aromatic rings. The van der Waals surface area contributed by atoms with E-state index in [-0.39, 0.29) is 22.4 Å². The Kier molecular flexibility index (Phi) is 5.83. The molecule has 8 fully saturated rings. The molecule has 0 aromatic heterocycles. The van der Waals surface area contributed by atoms with Gasteiger partial charge < -0.3 is 9.47 Å². The zero-order valence-corrected chi connectivity index (χ0v) is 23.0. The first-order chi connectivity index (χ1) is 18.2. The normalized spacial score (nSPS) is 41.5. The van der Waals surface area contributed by atoms with Crippen LogP contribution < -0.4 is 4.74 Å². The van der Waals surface area contributed by atoms with Crippen LogP contribution in [0, 0.1) is 46.3 Å². The Bertz CT molecular complexity index is 1060. The minimum atomic E-state index is -0.729. The lowest BCUT2D eigenvalue weighted by Crippen LogP contribution is -2.53. The predicted octanol–water partition coefficient (Wildman–Crippen LogP) is 6.57. The molecule has 0 N–H and O–H groups in total. The van der Waals surface area contributed by atoms with Crippen molar-refractivity contribution in [3.05, 3.63) is 29.8 Å². The van der Waals surface area contributed by atoms with Crippen LogP contribution in [0.25, 0.3) is 0 Å². The van der Waals surface area contributed by atoms with E-state index in [1.165, 1.54) is 38.5 Å². The molecule has 38 heavy (non-hydrogen) atoms. The fourth-order valence-electron chi connectivity index (χ4n) is 10.9. The van der Waals surface area contributed by atoms with Crippen LogP contribution in [0.5, 0.6) is 5.75 Å². The summed E-state index contributed by atoms with van der Waals surface area (Å²) in [5.74, 6) is 4.71. The molecule has 1 aromatic carbocycles. The number of carbonyl (C=O) groups excluding carboxylic acids is 3. The fraction of sp³-hybridized carbons (Fsp3) is 0.727. The van der Waals surface area contributed by atoms with Crippen LogP contribution in [0.4, 0.5) is 0 Å². The number of hydrogen-bond donors (Lipinski definition) is 0. The average Bonchev–Trinajstić information content (AvgIpc) is 2.86. The van der Waals surface area contributed by atoms with E-state index in [1.54, 1.807) is 31.2 Å². The van der Waals surface area contributed by atoms with Crippen LogP contribution in [0.3, 0.4) is 0 Å².